The van der Waals surface area contributed by atoms with Crippen molar-refractivity contribution in [3.63, 3.8) is 0 Å². The number of rotatable bonds is 5. The van der Waals surface area contributed by atoms with E-state index in [1.165, 1.54) is 17.2 Å². The molecule has 2 rings (SSSR count). The highest BCUT2D eigenvalue weighted by Crippen LogP contribution is 2.27. The second kappa shape index (κ2) is 5.99. The van der Waals surface area contributed by atoms with Gasteiger partial charge < -0.3 is 15.1 Å². The predicted octanol–water partition coefficient (Wildman–Crippen LogP) is 1.95. The molecule has 0 bridgehead atoms. The van der Waals surface area contributed by atoms with Crippen LogP contribution in [-0.4, -0.2) is 49.7 Å². The molecule has 5 heteroatoms. The van der Waals surface area contributed by atoms with Gasteiger partial charge in [-0.15, -0.1) is 11.3 Å². The van der Waals surface area contributed by atoms with Crippen molar-refractivity contribution < 1.29 is 0 Å². The average molecular weight is 268 g/mol. The van der Waals surface area contributed by atoms with Gasteiger partial charge in [-0.05, 0) is 34.0 Å². The summed E-state index contributed by atoms with van der Waals surface area (Å²) in [7, 11) is 4.32. The molecule has 0 saturated carbocycles. The Balaban J connectivity index is 1.98. The molecule has 102 valence electrons. The highest BCUT2D eigenvalue weighted by atomic mass is 32.1. The van der Waals surface area contributed by atoms with E-state index in [-0.39, 0.29) is 0 Å². The Kier molecular flexibility index (Phi) is 4.59. The highest BCUT2D eigenvalue weighted by molar-refractivity contribution is 7.13. The quantitative estimate of drug-likeness (QED) is 0.884. The van der Waals surface area contributed by atoms with Crippen LogP contribution in [0.1, 0.15) is 32.0 Å². The molecule has 0 radical (unpaired) electrons. The van der Waals surface area contributed by atoms with Crippen molar-refractivity contribution in [3.05, 3.63) is 11.1 Å². The molecule has 0 aromatic carbocycles. The van der Waals surface area contributed by atoms with Gasteiger partial charge in [0, 0.05) is 30.6 Å². The Hall–Kier alpha value is -0.650. The van der Waals surface area contributed by atoms with Gasteiger partial charge in [-0.3, -0.25) is 0 Å². The molecule has 1 saturated heterocycles. The molecule has 1 aromatic heterocycles. The molecule has 2 heterocycles. The molecular weight excluding hydrogens is 244 g/mol. The van der Waals surface area contributed by atoms with Crippen molar-refractivity contribution in [3.8, 4) is 0 Å². The lowest BCUT2D eigenvalue weighted by molar-refractivity contribution is 0.315. The van der Waals surface area contributed by atoms with E-state index in [4.69, 9.17) is 4.98 Å². The van der Waals surface area contributed by atoms with E-state index < -0.39 is 0 Å². The largest absolute Gasteiger partial charge is 0.346 e. The van der Waals surface area contributed by atoms with Crippen LogP contribution in [0.15, 0.2) is 5.38 Å². The number of nitrogens with zero attached hydrogens (tertiary/aromatic N) is 3. The second-order valence-corrected chi connectivity index (χ2v) is 6.02. The number of hydrogen-bond donors (Lipinski definition) is 1. The minimum Gasteiger partial charge on any atom is -0.346 e. The lowest BCUT2D eigenvalue weighted by Crippen LogP contribution is -2.31. The van der Waals surface area contributed by atoms with Crippen molar-refractivity contribution in [1.29, 1.82) is 0 Å². The Morgan fingerprint density at radius 3 is 3.00 bits per heavy atom. The second-order valence-electron chi connectivity index (χ2n) is 5.19. The molecule has 0 spiro atoms. The van der Waals surface area contributed by atoms with E-state index in [9.17, 15) is 0 Å². The molecule has 4 nitrogen and oxygen atoms in total. The smallest absolute Gasteiger partial charge is 0.185 e. The third-order valence-electron chi connectivity index (χ3n) is 3.63. The van der Waals surface area contributed by atoms with E-state index in [1.807, 2.05) is 0 Å². The van der Waals surface area contributed by atoms with Crippen LogP contribution in [0.4, 0.5) is 5.13 Å². The Morgan fingerprint density at radius 1 is 1.61 bits per heavy atom. The summed E-state index contributed by atoms with van der Waals surface area (Å²) in [5, 5.41) is 6.78. The summed E-state index contributed by atoms with van der Waals surface area (Å²) < 4.78 is 0. The first kappa shape index (κ1) is 13.8. The number of hydrogen-bond acceptors (Lipinski definition) is 5. The maximum atomic E-state index is 4.77. The number of likely N-dealkylation sites (N-methyl/N-ethyl adjacent to an activating group) is 1. The molecule has 1 N–H and O–H groups in total. The number of aromatic nitrogens is 1. The van der Waals surface area contributed by atoms with E-state index in [1.54, 1.807) is 11.3 Å². The van der Waals surface area contributed by atoms with Crippen LogP contribution in [0, 0.1) is 0 Å². The predicted molar refractivity (Wildman–Crippen MR) is 78.5 cm³/mol. The molecule has 2 unspecified atom stereocenters. The topological polar surface area (TPSA) is 31.4 Å². The summed E-state index contributed by atoms with van der Waals surface area (Å²) in [6.45, 7) is 7.53. The normalized spacial score (nSPS) is 21.8. The maximum absolute atomic E-state index is 4.77. The Morgan fingerprint density at radius 2 is 2.39 bits per heavy atom. The Labute approximate surface area is 114 Å². The van der Waals surface area contributed by atoms with Crippen LogP contribution < -0.4 is 10.2 Å². The number of thiazole rings is 1. The first-order valence-electron chi connectivity index (χ1n) is 6.72. The third-order valence-corrected chi connectivity index (χ3v) is 4.55. The van der Waals surface area contributed by atoms with Gasteiger partial charge in [0.1, 0.15) is 0 Å². The van der Waals surface area contributed by atoms with Crippen LogP contribution in [0.25, 0.3) is 0 Å². The first-order valence-corrected chi connectivity index (χ1v) is 7.60. The zero-order chi connectivity index (χ0) is 13.1. The highest BCUT2D eigenvalue weighted by Gasteiger charge is 2.26. The van der Waals surface area contributed by atoms with Crippen LogP contribution in [0.5, 0.6) is 0 Å². The fourth-order valence-electron chi connectivity index (χ4n) is 2.37. The van der Waals surface area contributed by atoms with Gasteiger partial charge in [-0.25, -0.2) is 4.98 Å². The first-order chi connectivity index (χ1) is 8.61. The number of nitrogens with one attached hydrogen (secondary N) is 1. The average Bonchev–Trinajstić information content (AvgIpc) is 2.98. The molecule has 18 heavy (non-hydrogen) atoms. The zero-order valence-corrected chi connectivity index (χ0v) is 12.6. The lowest BCUT2D eigenvalue weighted by Gasteiger charge is -2.19. The number of anilines is 1. The van der Waals surface area contributed by atoms with Gasteiger partial charge in [0.2, 0.25) is 0 Å². The molecule has 1 fully saturated rings. The van der Waals surface area contributed by atoms with E-state index in [0.29, 0.717) is 12.1 Å². The lowest BCUT2D eigenvalue weighted by atomic mass is 10.2. The van der Waals surface area contributed by atoms with Gasteiger partial charge in [0.15, 0.2) is 5.13 Å². The minimum atomic E-state index is 0.354. The van der Waals surface area contributed by atoms with Gasteiger partial charge in [0.25, 0.3) is 0 Å². The van der Waals surface area contributed by atoms with Gasteiger partial charge in [-0.2, -0.15) is 0 Å². The van der Waals surface area contributed by atoms with Crippen LogP contribution in [-0.2, 0) is 0 Å². The molecule has 0 amide bonds. The maximum Gasteiger partial charge on any atom is 0.185 e. The molecule has 1 aromatic rings. The van der Waals surface area contributed by atoms with Crippen molar-refractivity contribution in [2.45, 2.75) is 32.4 Å². The summed E-state index contributed by atoms with van der Waals surface area (Å²) in [5.41, 5.74) is 1.17. The molecular formula is C13H24N4S. The molecule has 0 aliphatic carbocycles. The van der Waals surface area contributed by atoms with Gasteiger partial charge >= 0.3 is 0 Å². The Bertz CT molecular complexity index is 377. The zero-order valence-electron chi connectivity index (χ0n) is 11.8. The van der Waals surface area contributed by atoms with Crippen LogP contribution >= 0.6 is 11.3 Å². The summed E-state index contributed by atoms with van der Waals surface area (Å²) in [6, 6.07) is 1.02. The van der Waals surface area contributed by atoms with Crippen molar-refractivity contribution >= 4 is 16.5 Å². The van der Waals surface area contributed by atoms with Crippen LogP contribution in [0.2, 0.25) is 0 Å². The van der Waals surface area contributed by atoms with Gasteiger partial charge in [-0.1, -0.05) is 6.92 Å². The summed E-state index contributed by atoms with van der Waals surface area (Å²) in [6.07, 6.45) is 1.24. The van der Waals surface area contributed by atoms with E-state index in [0.717, 1.165) is 19.6 Å². The van der Waals surface area contributed by atoms with Crippen LogP contribution in [0.3, 0.4) is 0 Å². The fraction of sp³-hybridized carbons (Fsp3) is 0.769. The SMILES string of the molecule is CCNC(C)c1csc(N2CCC(N(C)C)C2)n1. The molecule has 1 aliphatic rings. The fourth-order valence-corrected chi connectivity index (χ4v) is 3.32. The van der Waals surface area contributed by atoms with Crippen molar-refractivity contribution in [2.24, 2.45) is 0 Å². The standard InChI is InChI=1S/C13H24N4S/c1-5-14-10(2)12-9-18-13(15-12)17-7-6-11(8-17)16(3)4/h9-11,14H,5-8H2,1-4H3. The summed E-state index contributed by atoms with van der Waals surface area (Å²) >= 11 is 1.77. The van der Waals surface area contributed by atoms with Gasteiger partial charge in [0.05, 0.1) is 5.69 Å². The summed E-state index contributed by atoms with van der Waals surface area (Å²) in [4.78, 5) is 9.50. The van der Waals surface area contributed by atoms with Crippen molar-refractivity contribution in [2.75, 3.05) is 38.6 Å². The third kappa shape index (κ3) is 3.02. The summed E-state index contributed by atoms with van der Waals surface area (Å²) in [5.74, 6) is 0. The minimum absolute atomic E-state index is 0.354. The van der Waals surface area contributed by atoms with E-state index in [2.05, 4.69) is 48.4 Å². The van der Waals surface area contributed by atoms with E-state index >= 15 is 0 Å². The van der Waals surface area contributed by atoms with Crippen molar-refractivity contribution in [1.82, 2.24) is 15.2 Å². The molecule has 1 aliphatic heterocycles. The monoisotopic (exact) mass is 268 g/mol. The molecule has 2 atom stereocenters.